The van der Waals surface area contributed by atoms with Gasteiger partial charge >= 0.3 is 0 Å². The fourth-order valence-electron chi connectivity index (χ4n) is 0. The molecule has 0 saturated carbocycles. The van der Waals surface area contributed by atoms with Crippen LogP contribution in [0.2, 0.25) is 0 Å². The maximum atomic E-state index is 8.57. The van der Waals surface area contributed by atoms with Crippen LogP contribution in [0.4, 0.5) is 0 Å². The molecular formula is H3O2PY. The molecule has 4 heavy (non-hydrogen) atoms. The molecule has 0 aliphatic carbocycles. The maximum absolute atomic E-state index is 8.57. The third kappa shape index (κ3) is 10.4. The normalized spacial score (nSPS) is 7.25. The summed E-state index contributed by atoms with van der Waals surface area (Å²) >= 11 is 0. The Morgan fingerprint density at radius 2 is 1.75 bits per heavy atom. The van der Waals surface area contributed by atoms with Crippen LogP contribution in [-0.4, -0.2) is 4.89 Å². The van der Waals surface area contributed by atoms with E-state index in [1.54, 1.807) is 0 Å². The zero-order chi connectivity index (χ0) is 2.71. The van der Waals surface area contributed by atoms with Gasteiger partial charge in [0.15, 0.2) is 8.69 Å². The van der Waals surface area contributed by atoms with Crippen molar-refractivity contribution in [2.75, 3.05) is 0 Å². The molecule has 1 N–H and O–H groups in total. The van der Waals surface area contributed by atoms with Gasteiger partial charge in [0.25, 0.3) is 0 Å². The minimum atomic E-state index is -1.50. The molecule has 4 heteroatoms. The van der Waals surface area contributed by atoms with Crippen LogP contribution in [0.3, 0.4) is 0 Å². The Bertz CT molecular complexity index is 13.5. The van der Waals surface area contributed by atoms with Crippen LogP contribution in [0.5, 0.6) is 0 Å². The molecule has 0 aromatic heterocycles. The SMILES string of the molecule is O=[PH2]O.[Y]. The van der Waals surface area contributed by atoms with Gasteiger partial charge in [0, 0.05) is 32.7 Å². The summed E-state index contributed by atoms with van der Waals surface area (Å²) in [5, 5.41) is 0. The predicted molar refractivity (Wildman–Crippen MR) is 12.6 cm³/mol. The Morgan fingerprint density at radius 3 is 1.75 bits per heavy atom. The van der Waals surface area contributed by atoms with E-state index in [1.165, 1.54) is 0 Å². The summed E-state index contributed by atoms with van der Waals surface area (Å²) in [6, 6.07) is 0. The van der Waals surface area contributed by atoms with E-state index in [2.05, 4.69) is 0 Å². The van der Waals surface area contributed by atoms with Crippen LogP contribution in [0.15, 0.2) is 0 Å². The second kappa shape index (κ2) is 8.85. The van der Waals surface area contributed by atoms with Gasteiger partial charge in [-0.15, -0.1) is 0 Å². The van der Waals surface area contributed by atoms with Gasteiger partial charge in [0.05, 0.1) is 0 Å². The minimum absolute atomic E-state index is 0. The summed E-state index contributed by atoms with van der Waals surface area (Å²) < 4.78 is 8.57. The fourth-order valence-corrected chi connectivity index (χ4v) is 0. The summed E-state index contributed by atoms with van der Waals surface area (Å²) in [5.41, 5.74) is 0. The molecule has 0 aromatic rings. The molecule has 1 unspecified atom stereocenters. The molecule has 0 aliphatic rings. The minimum Gasteiger partial charge on any atom is -0.348 e. The Labute approximate surface area is 50.8 Å². The van der Waals surface area contributed by atoms with Crippen molar-refractivity contribution >= 4 is 8.69 Å². The van der Waals surface area contributed by atoms with Crippen molar-refractivity contribution in [3.05, 3.63) is 0 Å². The second-order valence-corrected chi connectivity index (χ2v) is 0.316. The first-order chi connectivity index (χ1) is 1.41. The molecule has 0 aliphatic heterocycles. The van der Waals surface area contributed by atoms with E-state index in [-0.39, 0.29) is 32.7 Å². The fraction of sp³-hybridized carbons (Fsp3) is 0. The molecule has 0 spiro atoms. The standard InChI is InChI=1S/H3O2P.Y/c1-3-2;/h3H2,(H,1,2);. The first-order valence-electron chi connectivity index (χ1n) is 0.494. The summed E-state index contributed by atoms with van der Waals surface area (Å²) in [6.45, 7) is 0. The van der Waals surface area contributed by atoms with E-state index in [1.807, 2.05) is 0 Å². The quantitative estimate of drug-likeness (QED) is 0.485. The molecule has 1 radical (unpaired) electrons. The number of hydrogen-bond acceptors (Lipinski definition) is 1. The molecule has 23 valence electrons. The average Bonchev–Trinajstić information content (AvgIpc) is 0.918. The smallest absolute Gasteiger partial charge is 0.177 e. The van der Waals surface area contributed by atoms with Gasteiger partial charge in [0.2, 0.25) is 0 Å². The molecule has 0 aromatic carbocycles. The average molecular weight is 155 g/mol. The van der Waals surface area contributed by atoms with Crippen molar-refractivity contribution in [1.82, 2.24) is 0 Å². The van der Waals surface area contributed by atoms with Crippen LogP contribution >= 0.6 is 8.69 Å². The zero-order valence-electron chi connectivity index (χ0n) is 2.01. The van der Waals surface area contributed by atoms with E-state index in [9.17, 15) is 0 Å². The van der Waals surface area contributed by atoms with Gasteiger partial charge in [-0.25, -0.2) is 0 Å². The first-order valence-corrected chi connectivity index (χ1v) is 1.48. The summed E-state index contributed by atoms with van der Waals surface area (Å²) in [6.07, 6.45) is 0. The molecule has 1 atom stereocenters. The largest absolute Gasteiger partial charge is 0.348 e. The first kappa shape index (κ1) is 9.00. The Kier molecular flexibility index (Phi) is 19.9. The molecule has 0 heterocycles. The number of hydrogen-bond donors (Lipinski definition) is 1. The second-order valence-electron chi connectivity index (χ2n) is 0.105. The molecule has 0 bridgehead atoms. The van der Waals surface area contributed by atoms with E-state index < -0.39 is 8.69 Å². The molecule has 0 saturated heterocycles. The van der Waals surface area contributed by atoms with Crippen LogP contribution < -0.4 is 0 Å². The predicted octanol–water partition coefficient (Wildman–Crippen LogP) is -0.353. The Hall–Kier alpha value is 1.29. The third-order valence-electron chi connectivity index (χ3n) is 0. The molecular weight excluding hydrogens is 152 g/mol. The van der Waals surface area contributed by atoms with Crippen LogP contribution in [-0.2, 0) is 37.3 Å². The van der Waals surface area contributed by atoms with Gasteiger partial charge in [-0.1, -0.05) is 0 Å². The van der Waals surface area contributed by atoms with E-state index in [0.29, 0.717) is 0 Å². The van der Waals surface area contributed by atoms with Gasteiger partial charge in [-0.2, -0.15) is 0 Å². The summed E-state index contributed by atoms with van der Waals surface area (Å²) in [5.74, 6) is 0. The van der Waals surface area contributed by atoms with Crippen LogP contribution in [0, 0.1) is 0 Å². The number of rotatable bonds is 0. The topological polar surface area (TPSA) is 37.3 Å². The monoisotopic (exact) mass is 155 g/mol. The van der Waals surface area contributed by atoms with Gasteiger partial charge in [-0.05, 0) is 0 Å². The maximum Gasteiger partial charge on any atom is 0.177 e. The van der Waals surface area contributed by atoms with E-state index in [0.717, 1.165) is 0 Å². The van der Waals surface area contributed by atoms with E-state index >= 15 is 0 Å². The van der Waals surface area contributed by atoms with Crippen molar-refractivity contribution in [3.8, 4) is 0 Å². The Morgan fingerprint density at radius 1 is 1.75 bits per heavy atom. The summed E-state index contributed by atoms with van der Waals surface area (Å²) in [4.78, 5) is 7.10. The Balaban J connectivity index is 0. The van der Waals surface area contributed by atoms with E-state index in [4.69, 9.17) is 9.46 Å². The van der Waals surface area contributed by atoms with Crippen molar-refractivity contribution in [2.24, 2.45) is 0 Å². The summed E-state index contributed by atoms with van der Waals surface area (Å²) in [7, 11) is -1.50. The van der Waals surface area contributed by atoms with Gasteiger partial charge in [-0.3, -0.25) is 4.57 Å². The van der Waals surface area contributed by atoms with Crippen molar-refractivity contribution in [1.29, 1.82) is 0 Å². The van der Waals surface area contributed by atoms with Crippen molar-refractivity contribution < 1.29 is 42.2 Å². The van der Waals surface area contributed by atoms with Crippen LogP contribution in [0.25, 0.3) is 0 Å². The zero-order valence-corrected chi connectivity index (χ0v) is 6.00. The van der Waals surface area contributed by atoms with Crippen molar-refractivity contribution in [3.63, 3.8) is 0 Å². The third-order valence-corrected chi connectivity index (χ3v) is 0. The van der Waals surface area contributed by atoms with Gasteiger partial charge in [0.1, 0.15) is 0 Å². The molecule has 2 nitrogen and oxygen atoms in total. The van der Waals surface area contributed by atoms with Crippen LogP contribution in [0.1, 0.15) is 0 Å². The molecule has 0 rings (SSSR count). The van der Waals surface area contributed by atoms with Gasteiger partial charge < -0.3 is 4.89 Å². The molecule has 0 fully saturated rings. The van der Waals surface area contributed by atoms with Crippen molar-refractivity contribution in [2.45, 2.75) is 0 Å². The molecule has 0 amide bonds.